The highest BCUT2D eigenvalue weighted by Crippen LogP contribution is 2.27. The maximum absolute atomic E-state index is 12.8. The summed E-state index contributed by atoms with van der Waals surface area (Å²) in [6, 6.07) is 2.03. The Labute approximate surface area is 146 Å². The summed E-state index contributed by atoms with van der Waals surface area (Å²) in [7, 11) is 1.87. The lowest BCUT2D eigenvalue weighted by atomic mass is 9.96. The second-order valence-electron chi connectivity index (χ2n) is 6.33. The fraction of sp³-hybridized carbons (Fsp3) is 0.588. The van der Waals surface area contributed by atoms with E-state index in [1.54, 1.807) is 11.3 Å². The van der Waals surface area contributed by atoms with Gasteiger partial charge in [-0.2, -0.15) is 0 Å². The summed E-state index contributed by atoms with van der Waals surface area (Å²) in [6.07, 6.45) is 4.08. The minimum absolute atomic E-state index is 0.114. The Balaban J connectivity index is 1.72. The predicted molar refractivity (Wildman–Crippen MR) is 93.1 cm³/mol. The summed E-state index contributed by atoms with van der Waals surface area (Å²) in [4.78, 5) is 16.0. The van der Waals surface area contributed by atoms with E-state index in [-0.39, 0.29) is 18.4 Å². The van der Waals surface area contributed by atoms with Crippen LogP contribution in [-0.2, 0) is 20.1 Å². The molecule has 0 aliphatic carbocycles. The Morgan fingerprint density at radius 2 is 2.29 bits per heavy atom. The average Bonchev–Trinajstić information content (AvgIpc) is 3.21. The Morgan fingerprint density at radius 3 is 3.00 bits per heavy atom. The molecule has 130 valence electrons. The third-order valence-electron chi connectivity index (χ3n) is 4.61. The van der Waals surface area contributed by atoms with E-state index < -0.39 is 0 Å². The van der Waals surface area contributed by atoms with Crippen LogP contribution < -0.4 is 0 Å². The summed E-state index contributed by atoms with van der Waals surface area (Å²) >= 11 is 1.67. The number of rotatable bonds is 5. The topological polar surface area (TPSA) is 71.2 Å². The number of hydrogen-bond acceptors (Lipinski definition) is 5. The molecule has 2 aromatic rings. The Kier molecular flexibility index (Phi) is 5.30. The first-order chi connectivity index (χ1) is 11.6. The monoisotopic (exact) mass is 348 g/mol. The quantitative estimate of drug-likeness (QED) is 0.900. The number of aliphatic hydroxyl groups is 1. The van der Waals surface area contributed by atoms with Crippen LogP contribution in [0.4, 0.5) is 0 Å². The van der Waals surface area contributed by atoms with Crippen LogP contribution in [0, 0.1) is 0 Å². The maximum Gasteiger partial charge on any atom is 0.254 e. The molecule has 2 aromatic heterocycles. The average molecular weight is 348 g/mol. The molecular weight excluding hydrogens is 324 g/mol. The van der Waals surface area contributed by atoms with E-state index >= 15 is 0 Å². The molecule has 6 nitrogen and oxygen atoms in total. The molecule has 0 spiro atoms. The van der Waals surface area contributed by atoms with Gasteiger partial charge in [0.2, 0.25) is 0 Å². The van der Waals surface area contributed by atoms with Gasteiger partial charge in [0.15, 0.2) is 5.82 Å². The molecule has 1 aliphatic heterocycles. The zero-order chi connectivity index (χ0) is 17.1. The fourth-order valence-electron chi connectivity index (χ4n) is 3.29. The fourth-order valence-corrected chi connectivity index (χ4v) is 4.26. The largest absolute Gasteiger partial charge is 0.388 e. The lowest BCUT2D eigenvalue weighted by Gasteiger charge is -2.32. The molecule has 0 bridgehead atoms. The van der Waals surface area contributed by atoms with Gasteiger partial charge in [-0.15, -0.1) is 21.5 Å². The minimum Gasteiger partial charge on any atom is -0.388 e. The number of carbonyl (C=O) groups is 1. The molecule has 0 aromatic carbocycles. The van der Waals surface area contributed by atoms with Crippen molar-refractivity contribution >= 4 is 17.2 Å². The van der Waals surface area contributed by atoms with Crippen LogP contribution in [0.1, 0.15) is 59.0 Å². The van der Waals surface area contributed by atoms with Gasteiger partial charge in [-0.3, -0.25) is 4.79 Å². The lowest BCUT2D eigenvalue weighted by Crippen LogP contribution is -2.39. The number of amides is 1. The van der Waals surface area contributed by atoms with Gasteiger partial charge in [0.1, 0.15) is 12.4 Å². The minimum atomic E-state index is -0.117. The third-order valence-corrected chi connectivity index (χ3v) is 5.61. The second kappa shape index (κ2) is 7.44. The highest BCUT2D eigenvalue weighted by molar-refractivity contribution is 7.10. The zero-order valence-corrected chi connectivity index (χ0v) is 15.1. The van der Waals surface area contributed by atoms with Crippen molar-refractivity contribution in [3.05, 3.63) is 33.5 Å². The summed E-state index contributed by atoms with van der Waals surface area (Å²) < 4.78 is 1.85. The number of aromatic nitrogens is 3. The van der Waals surface area contributed by atoms with Crippen LogP contribution in [0.2, 0.25) is 0 Å². The number of aryl methyl sites for hydroxylation is 1. The van der Waals surface area contributed by atoms with Gasteiger partial charge in [-0.1, -0.05) is 13.3 Å². The number of piperidine rings is 1. The highest BCUT2D eigenvalue weighted by Gasteiger charge is 2.29. The molecule has 1 amide bonds. The lowest BCUT2D eigenvalue weighted by molar-refractivity contribution is 0.0703. The van der Waals surface area contributed by atoms with Gasteiger partial charge in [0.25, 0.3) is 5.91 Å². The van der Waals surface area contributed by atoms with E-state index in [1.165, 1.54) is 4.88 Å². The van der Waals surface area contributed by atoms with Crippen molar-refractivity contribution in [2.45, 2.75) is 45.1 Å². The molecule has 0 saturated carbocycles. The van der Waals surface area contributed by atoms with Gasteiger partial charge in [0, 0.05) is 36.3 Å². The van der Waals surface area contributed by atoms with E-state index in [2.05, 4.69) is 17.1 Å². The van der Waals surface area contributed by atoms with E-state index in [4.69, 9.17) is 0 Å². The van der Waals surface area contributed by atoms with Crippen molar-refractivity contribution in [2.75, 3.05) is 13.1 Å². The molecule has 1 N–H and O–H groups in total. The summed E-state index contributed by atoms with van der Waals surface area (Å²) in [5, 5.41) is 19.5. The van der Waals surface area contributed by atoms with Crippen LogP contribution in [-0.4, -0.2) is 43.8 Å². The molecule has 7 heteroatoms. The third kappa shape index (κ3) is 3.37. The first-order valence-corrected chi connectivity index (χ1v) is 9.37. The predicted octanol–water partition coefficient (Wildman–Crippen LogP) is 2.34. The Bertz CT molecular complexity index is 709. The summed E-state index contributed by atoms with van der Waals surface area (Å²) in [5.74, 6) is 1.71. The molecule has 1 fully saturated rings. The Morgan fingerprint density at radius 1 is 1.46 bits per heavy atom. The van der Waals surface area contributed by atoms with Crippen molar-refractivity contribution in [2.24, 2.45) is 7.05 Å². The van der Waals surface area contributed by atoms with E-state index in [1.807, 2.05) is 28.0 Å². The van der Waals surface area contributed by atoms with Crippen molar-refractivity contribution in [1.29, 1.82) is 0 Å². The van der Waals surface area contributed by atoms with Gasteiger partial charge >= 0.3 is 0 Å². The van der Waals surface area contributed by atoms with E-state index in [0.717, 1.165) is 43.6 Å². The number of aliphatic hydroxyl groups excluding tert-OH is 1. The number of hydrogen-bond donors (Lipinski definition) is 1. The van der Waals surface area contributed by atoms with Crippen molar-refractivity contribution in [1.82, 2.24) is 19.7 Å². The molecule has 24 heavy (non-hydrogen) atoms. The second-order valence-corrected chi connectivity index (χ2v) is 7.33. The smallest absolute Gasteiger partial charge is 0.254 e. The van der Waals surface area contributed by atoms with Crippen LogP contribution in [0.3, 0.4) is 0 Å². The van der Waals surface area contributed by atoms with Crippen LogP contribution >= 0.6 is 11.3 Å². The molecule has 0 radical (unpaired) electrons. The normalized spacial score (nSPS) is 18.1. The van der Waals surface area contributed by atoms with Crippen LogP contribution in [0.25, 0.3) is 0 Å². The SMILES string of the molecule is CCCc1cc(C(=O)N2CCC[C@@H](c3nnc(CO)n3C)C2)cs1. The molecule has 1 saturated heterocycles. The number of thiophene rings is 1. The van der Waals surface area contributed by atoms with Crippen molar-refractivity contribution in [3.63, 3.8) is 0 Å². The highest BCUT2D eigenvalue weighted by atomic mass is 32.1. The Hall–Kier alpha value is -1.73. The van der Waals surface area contributed by atoms with Gasteiger partial charge < -0.3 is 14.6 Å². The standard InChI is InChI=1S/C17H24N4O2S/c1-3-5-14-8-13(11-24-14)17(23)21-7-4-6-12(9-21)16-19-18-15(10-22)20(16)2/h8,11-12,22H,3-7,9-10H2,1-2H3/t12-/m1/s1. The van der Waals surface area contributed by atoms with Crippen molar-refractivity contribution in [3.8, 4) is 0 Å². The van der Waals surface area contributed by atoms with E-state index in [0.29, 0.717) is 12.4 Å². The zero-order valence-electron chi connectivity index (χ0n) is 14.2. The molecular formula is C17H24N4O2S. The summed E-state index contributed by atoms with van der Waals surface area (Å²) in [6.45, 7) is 3.49. The molecule has 3 rings (SSSR count). The van der Waals surface area contributed by atoms with E-state index in [9.17, 15) is 9.90 Å². The molecule has 1 atom stereocenters. The van der Waals surface area contributed by atoms with Crippen molar-refractivity contribution < 1.29 is 9.90 Å². The maximum atomic E-state index is 12.8. The van der Waals surface area contributed by atoms with Crippen LogP contribution in [0.15, 0.2) is 11.4 Å². The van der Waals surface area contributed by atoms with Gasteiger partial charge in [-0.05, 0) is 25.3 Å². The molecule has 1 aliphatic rings. The number of likely N-dealkylation sites (tertiary alicyclic amines) is 1. The summed E-state index contributed by atoms with van der Waals surface area (Å²) in [5.41, 5.74) is 0.804. The molecule has 0 unspecified atom stereocenters. The van der Waals surface area contributed by atoms with Gasteiger partial charge in [-0.25, -0.2) is 0 Å². The number of nitrogens with zero attached hydrogens (tertiary/aromatic N) is 4. The molecule has 3 heterocycles. The van der Waals surface area contributed by atoms with Gasteiger partial charge in [0.05, 0.1) is 5.56 Å². The van der Waals surface area contributed by atoms with Crippen LogP contribution in [0.5, 0.6) is 0 Å². The first-order valence-electron chi connectivity index (χ1n) is 8.49. The first kappa shape index (κ1) is 17.1. The number of carbonyl (C=O) groups excluding carboxylic acids is 1.